The normalized spacial score (nSPS) is 16.1. The average Bonchev–Trinajstić information content (AvgIpc) is 2.73. The summed E-state index contributed by atoms with van der Waals surface area (Å²) in [5, 5.41) is 0.688. The summed E-state index contributed by atoms with van der Waals surface area (Å²) < 4.78 is 5.50. The number of likely N-dealkylation sites (N-methyl/N-ethyl adjacent to an activating group) is 1. The summed E-state index contributed by atoms with van der Waals surface area (Å²) in [6.07, 6.45) is 0. The van der Waals surface area contributed by atoms with Crippen molar-refractivity contribution in [2.75, 3.05) is 45.9 Å². The van der Waals surface area contributed by atoms with Crippen LogP contribution in [0.15, 0.2) is 48.5 Å². The summed E-state index contributed by atoms with van der Waals surface area (Å²) in [6.45, 7) is 10.7. The third kappa shape index (κ3) is 6.45. The Morgan fingerprint density at radius 2 is 1.55 bits per heavy atom. The van der Waals surface area contributed by atoms with Gasteiger partial charge in [-0.05, 0) is 55.4 Å². The van der Waals surface area contributed by atoms with Crippen molar-refractivity contribution in [3.63, 3.8) is 0 Å². The fourth-order valence-electron chi connectivity index (χ4n) is 3.66. The second-order valence-electron chi connectivity index (χ2n) is 7.16. The molecule has 1 aliphatic rings. The van der Waals surface area contributed by atoms with Gasteiger partial charge in [0.1, 0.15) is 5.75 Å². The summed E-state index contributed by atoms with van der Waals surface area (Å²) in [6, 6.07) is 15.2. The zero-order valence-corrected chi connectivity index (χ0v) is 18.7. The number of nitrogens with zero attached hydrogens (tertiary/aromatic N) is 2. The van der Waals surface area contributed by atoms with Gasteiger partial charge in [0, 0.05) is 43.3 Å². The first kappa shape index (κ1) is 23.7. The van der Waals surface area contributed by atoms with Gasteiger partial charge in [0.15, 0.2) is 5.78 Å². The lowest BCUT2D eigenvalue weighted by Gasteiger charge is -2.35. The highest BCUT2D eigenvalue weighted by atomic mass is 35.5. The van der Waals surface area contributed by atoms with Crippen LogP contribution < -0.4 is 4.74 Å². The number of carbonyl (C=O) groups excluding carboxylic acids is 1. The highest BCUT2D eigenvalue weighted by Crippen LogP contribution is 2.25. The Kier molecular flexibility index (Phi) is 9.44. The van der Waals surface area contributed by atoms with Gasteiger partial charge in [-0.1, -0.05) is 30.7 Å². The minimum absolute atomic E-state index is 0. The molecule has 0 spiro atoms. The SMILES string of the molecule is CCOc1ccc(C(=O)C(CN2CCN(CC)CC2)c2ccc(Cl)cc2)cc1.Cl. The zero-order chi connectivity index (χ0) is 19.9. The summed E-state index contributed by atoms with van der Waals surface area (Å²) in [5.74, 6) is 0.726. The second kappa shape index (κ2) is 11.6. The van der Waals surface area contributed by atoms with E-state index in [0.717, 1.165) is 56.1 Å². The molecule has 1 aliphatic heterocycles. The molecule has 0 N–H and O–H groups in total. The molecular formula is C23H30Cl2N2O2. The van der Waals surface area contributed by atoms with Crippen molar-refractivity contribution in [3.05, 3.63) is 64.7 Å². The number of benzene rings is 2. The lowest BCUT2D eigenvalue weighted by atomic mass is 9.90. The van der Waals surface area contributed by atoms with E-state index in [1.54, 1.807) is 0 Å². The molecule has 1 fully saturated rings. The standard InChI is InChI=1S/C23H29ClN2O2.ClH/c1-3-25-13-15-26(16-14-25)17-22(18-5-9-20(24)10-6-18)23(27)19-7-11-21(12-8-19)28-4-2;/h5-12,22H,3-4,13-17H2,1-2H3;1H. The van der Waals surface area contributed by atoms with Crippen molar-refractivity contribution < 1.29 is 9.53 Å². The number of halogens is 2. The van der Waals surface area contributed by atoms with Crippen LogP contribution in [0.1, 0.15) is 35.7 Å². The maximum Gasteiger partial charge on any atom is 0.171 e. The van der Waals surface area contributed by atoms with Crippen LogP contribution >= 0.6 is 24.0 Å². The number of rotatable bonds is 8. The molecule has 0 radical (unpaired) electrons. The Bertz CT molecular complexity index is 757. The lowest BCUT2D eigenvalue weighted by Crippen LogP contribution is -2.47. The van der Waals surface area contributed by atoms with Crippen molar-refractivity contribution in [2.45, 2.75) is 19.8 Å². The predicted molar refractivity (Wildman–Crippen MR) is 122 cm³/mol. The van der Waals surface area contributed by atoms with Crippen molar-refractivity contribution in [2.24, 2.45) is 0 Å². The van der Waals surface area contributed by atoms with Crippen LogP contribution in [0.25, 0.3) is 0 Å². The first-order valence-electron chi connectivity index (χ1n) is 10.1. The highest BCUT2D eigenvalue weighted by molar-refractivity contribution is 6.30. The van der Waals surface area contributed by atoms with Crippen LogP contribution in [-0.2, 0) is 0 Å². The molecule has 2 aromatic rings. The summed E-state index contributed by atoms with van der Waals surface area (Å²) in [5.41, 5.74) is 1.73. The number of Topliss-reactive ketones (excluding diaryl/α,β-unsaturated/α-hetero) is 1. The summed E-state index contributed by atoms with van der Waals surface area (Å²) >= 11 is 6.07. The smallest absolute Gasteiger partial charge is 0.171 e. The highest BCUT2D eigenvalue weighted by Gasteiger charge is 2.26. The molecule has 0 aromatic heterocycles. The van der Waals surface area contributed by atoms with E-state index in [2.05, 4.69) is 16.7 Å². The van der Waals surface area contributed by atoms with Crippen molar-refractivity contribution >= 4 is 29.8 Å². The van der Waals surface area contributed by atoms with Crippen LogP contribution in [0.3, 0.4) is 0 Å². The molecule has 3 rings (SSSR count). The van der Waals surface area contributed by atoms with Gasteiger partial charge in [0.25, 0.3) is 0 Å². The molecule has 29 heavy (non-hydrogen) atoms. The number of hydrogen-bond donors (Lipinski definition) is 0. The maximum atomic E-state index is 13.4. The number of ketones is 1. The Hall–Kier alpha value is -1.59. The van der Waals surface area contributed by atoms with E-state index in [0.29, 0.717) is 11.6 Å². The van der Waals surface area contributed by atoms with Gasteiger partial charge in [0.2, 0.25) is 0 Å². The van der Waals surface area contributed by atoms with Gasteiger partial charge in [0.05, 0.1) is 12.5 Å². The average molecular weight is 437 g/mol. The molecule has 0 bridgehead atoms. The number of hydrogen-bond acceptors (Lipinski definition) is 4. The van der Waals surface area contributed by atoms with E-state index >= 15 is 0 Å². The molecule has 1 heterocycles. The van der Waals surface area contributed by atoms with E-state index in [1.165, 1.54) is 0 Å². The number of piperazine rings is 1. The van der Waals surface area contributed by atoms with E-state index < -0.39 is 0 Å². The Morgan fingerprint density at radius 3 is 2.10 bits per heavy atom. The molecule has 158 valence electrons. The zero-order valence-electron chi connectivity index (χ0n) is 17.1. The molecule has 1 atom stereocenters. The van der Waals surface area contributed by atoms with E-state index in [4.69, 9.17) is 16.3 Å². The van der Waals surface area contributed by atoms with Crippen molar-refractivity contribution in [1.82, 2.24) is 9.80 Å². The number of ether oxygens (including phenoxy) is 1. The minimum Gasteiger partial charge on any atom is -0.494 e. The quantitative estimate of drug-likeness (QED) is 0.558. The molecule has 0 saturated carbocycles. The van der Waals surface area contributed by atoms with Gasteiger partial charge in [-0.25, -0.2) is 0 Å². The Balaban J connectivity index is 0.00000300. The maximum absolute atomic E-state index is 13.4. The molecule has 4 nitrogen and oxygen atoms in total. The largest absolute Gasteiger partial charge is 0.494 e. The lowest BCUT2D eigenvalue weighted by molar-refractivity contribution is 0.0891. The van der Waals surface area contributed by atoms with Crippen molar-refractivity contribution in [1.29, 1.82) is 0 Å². The third-order valence-electron chi connectivity index (χ3n) is 5.39. The van der Waals surface area contributed by atoms with Crippen LogP contribution in [0, 0.1) is 0 Å². The molecule has 2 aromatic carbocycles. The van der Waals surface area contributed by atoms with Gasteiger partial charge in [-0.2, -0.15) is 0 Å². The van der Waals surface area contributed by atoms with E-state index in [1.807, 2.05) is 55.5 Å². The van der Waals surface area contributed by atoms with E-state index in [9.17, 15) is 4.79 Å². The van der Waals surface area contributed by atoms with Gasteiger partial charge >= 0.3 is 0 Å². The molecular weight excluding hydrogens is 407 g/mol. The van der Waals surface area contributed by atoms with Crippen LogP contribution in [0.2, 0.25) is 5.02 Å². The van der Waals surface area contributed by atoms with Crippen LogP contribution in [0.5, 0.6) is 5.75 Å². The molecule has 1 saturated heterocycles. The fraction of sp³-hybridized carbons (Fsp3) is 0.435. The molecule has 1 unspecified atom stereocenters. The topological polar surface area (TPSA) is 32.8 Å². The van der Waals surface area contributed by atoms with Crippen LogP contribution in [0.4, 0.5) is 0 Å². The number of carbonyl (C=O) groups is 1. The van der Waals surface area contributed by atoms with Gasteiger partial charge < -0.3 is 9.64 Å². The Labute approximate surface area is 185 Å². The predicted octanol–water partition coefficient (Wildman–Crippen LogP) is 4.76. The van der Waals surface area contributed by atoms with Gasteiger partial charge in [-0.15, -0.1) is 12.4 Å². The molecule has 0 aliphatic carbocycles. The van der Waals surface area contributed by atoms with E-state index in [-0.39, 0.29) is 24.1 Å². The summed E-state index contributed by atoms with van der Waals surface area (Å²) in [4.78, 5) is 18.2. The first-order valence-corrected chi connectivity index (χ1v) is 10.5. The van der Waals surface area contributed by atoms with Gasteiger partial charge in [-0.3, -0.25) is 9.69 Å². The van der Waals surface area contributed by atoms with Crippen LogP contribution in [-0.4, -0.2) is 61.5 Å². The van der Waals surface area contributed by atoms with Crippen molar-refractivity contribution in [3.8, 4) is 5.75 Å². The Morgan fingerprint density at radius 1 is 0.966 bits per heavy atom. The minimum atomic E-state index is -0.205. The monoisotopic (exact) mass is 436 g/mol. The second-order valence-corrected chi connectivity index (χ2v) is 7.60. The fourth-order valence-corrected chi connectivity index (χ4v) is 3.79. The molecule has 0 amide bonds. The summed E-state index contributed by atoms with van der Waals surface area (Å²) in [7, 11) is 0. The molecule has 6 heteroatoms. The first-order chi connectivity index (χ1) is 13.6. The third-order valence-corrected chi connectivity index (χ3v) is 5.64.